The maximum absolute atomic E-state index is 12.7. The first-order valence-corrected chi connectivity index (χ1v) is 16.3. The van der Waals surface area contributed by atoms with Gasteiger partial charge in [-0.15, -0.1) is 0 Å². The van der Waals surface area contributed by atoms with E-state index in [1.807, 2.05) is 0 Å². The molecule has 4 atom stereocenters. The van der Waals surface area contributed by atoms with E-state index < -0.39 is 39.4 Å². The van der Waals surface area contributed by atoms with E-state index in [2.05, 4.69) is 9.80 Å². The third-order valence-electron chi connectivity index (χ3n) is 9.89. The van der Waals surface area contributed by atoms with Crippen LogP contribution in [0.3, 0.4) is 0 Å². The Morgan fingerprint density at radius 1 is 0.667 bits per heavy atom. The van der Waals surface area contributed by atoms with Crippen molar-refractivity contribution in [3.05, 3.63) is 46.5 Å². The fraction of sp³-hybridized carbons (Fsp3) is 0.632. The van der Waals surface area contributed by atoms with E-state index in [4.69, 9.17) is 35.4 Å². The van der Waals surface area contributed by atoms with Crippen LogP contribution in [0.25, 0.3) is 0 Å². The van der Waals surface area contributed by atoms with Crippen molar-refractivity contribution >= 4 is 11.6 Å². The van der Waals surface area contributed by atoms with Gasteiger partial charge in [-0.2, -0.15) is 0 Å². The van der Waals surface area contributed by atoms with Crippen LogP contribution in [0.2, 0.25) is 0 Å². The maximum atomic E-state index is 12.7. The Kier molecular flexibility index (Phi) is 6.96. The van der Waals surface area contributed by atoms with Gasteiger partial charge in [0.25, 0.3) is 0 Å². The van der Waals surface area contributed by atoms with Gasteiger partial charge in [-0.3, -0.25) is 19.4 Å². The van der Waals surface area contributed by atoms with Crippen LogP contribution < -0.4 is 18.9 Å². The number of methoxy groups -OCH3 is 4. The van der Waals surface area contributed by atoms with Gasteiger partial charge in [0.15, 0.2) is 23.0 Å². The monoisotopic (exact) mass is 678 g/mol. The molecule has 0 aliphatic carbocycles. The first kappa shape index (κ1) is 23.3. The highest BCUT2D eigenvalue weighted by molar-refractivity contribution is 5.84. The lowest BCUT2D eigenvalue weighted by Gasteiger charge is -2.44. The van der Waals surface area contributed by atoms with Crippen molar-refractivity contribution in [1.29, 1.82) is 0 Å². The van der Waals surface area contributed by atoms with Gasteiger partial charge in [0, 0.05) is 62.9 Å². The van der Waals surface area contributed by atoms with Crippen molar-refractivity contribution in [3.63, 3.8) is 0 Å². The molecular weight excluding hydrogens is 612 g/mol. The van der Waals surface area contributed by atoms with Gasteiger partial charge < -0.3 is 29.2 Å². The molecule has 264 valence electrons. The zero-order chi connectivity index (χ0) is 45.0. The van der Waals surface area contributed by atoms with E-state index in [9.17, 15) is 19.8 Å². The average Bonchev–Trinajstić information content (AvgIpc) is 3.03. The normalized spacial score (nSPS) is 29.0. The quantitative estimate of drug-likeness (QED) is 0.407. The minimum atomic E-state index is -2.78. The first-order chi connectivity index (χ1) is 27.2. The summed E-state index contributed by atoms with van der Waals surface area (Å²) in [5, 5.41) is 20.2. The van der Waals surface area contributed by atoms with Crippen molar-refractivity contribution in [2.75, 3.05) is 54.3 Å². The van der Waals surface area contributed by atoms with Crippen molar-refractivity contribution in [2.45, 2.75) is 89.5 Å². The summed E-state index contributed by atoms with van der Waals surface area (Å²) in [6.45, 7) is 9.09. The number of aliphatic hydroxyl groups is 2. The molecule has 2 fully saturated rings. The molecule has 0 bridgehead atoms. The minimum Gasteiger partial charge on any atom is -0.493 e. The van der Waals surface area contributed by atoms with Crippen LogP contribution in [0.1, 0.15) is 104 Å². The number of Topliss-reactive ketones (excluding diaryl/α,β-unsaturated/α-hetero) is 2. The van der Waals surface area contributed by atoms with Gasteiger partial charge in [-0.05, 0) is 99.9 Å². The molecule has 2 aromatic rings. The molecule has 4 aliphatic heterocycles. The fourth-order valence-electron chi connectivity index (χ4n) is 7.80. The molecule has 4 heterocycles. The standard InChI is InChI=1S/2C19H27NO4/c2*1-19(2,22)10-13-11-20-6-5-12-7-17(23-3)18(24-4)8-14(12)15(20)9-16(13)21/h2*7-8,13,15,22H,5-6,9-11H2,1-4H3/t2*13-,15-/m10/s1/i2*3D3,4D3. The predicted molar refractivity (Wildman–Crippen MR) is 183 cm³/mol. The number of rotatable bonds is 8. The largest absolute Gasteiger partial charge is 0.493 e. The van der Waals surface area contributed by atoms with Crippen LogP contribution in [0, 0.1) is 11.8 Å². The molecule has 10 nitrogen and oxygen atoms in total. The van der Waals surface area contributed by atoms with Crippen LogP contribution >= 0.6 is 0 Å². The van der Waals surface area contributed by atoms with Gasteiger partial charge in [0.2, 0.25) is 0 Å². The highest BCUT2D eigenvalue weighted by Crippen LogP contribution is 2.44. The van der Waals surface area contributed by atoms with Crippen molar-refractivity contribution in [1.82, 2.24) is 9.80 Å². The first-order valence-electron chi connectivity index (χ1n) is 22.3. The number of piperidine rings is 2. The summed E-state index contributed by atoms with van der Waals surface area (Å²) in [5.41, 5.74) is 1.22. The fourth-order valence-corrected chi connectivity index (χ4v) is 7.80. The molecule has 2 saturated heterocycles. The Morgan fingerprint density at radius 3 is 1.35 bits per heavy atom. The molecule has 4 aliphatic rings. The number of hydrogen-bond donors (Lipinski definition) is 2. The summed E-state index contributed by atoms with van der Waals surface area (Å²) in [6, 6.07) is 5.49. The second-order valence-corrected chi connectivity index (χ2v) is 14.7. The third kappa shape index (κ3) is 7.99. The predicted octanol–water partition coefficient (Wildman–Crippen LogP) is 4.71. The zero-order valence-corrected chi connectivity index (χ0v) is 27.9. The topological polar surface area (TPSA) is 118 Å². The molecular formula is C38H54N2O8. The smallest absolute Gasteiger partial charge is 0.161 e. The Bertz CT molecular complexity index is 1770. The number of carbonyl (C=O) groups is 2. The number of nitrogens with zero attached hydrogens (tertiary/aromatic N) is 2. The zero-order valence-electron chi connectivity index (χ0n) is 39.9. The van der Waals surface area contributed by atoms with Crippen LogP contribution in [-0.4, -0.2) is 97.1 Å². The summed E-state index contributed by atoms with van der Waals surface area (Å²) in [5.74, 6) is -1.10. The van der Waals surface area contributed by atoms with E-state index in [1.54, 1.807) is 27.7 Å². The van der Waals surface area contributed by atoms with Crippen LogP contribution in [0.15, 0.2) is 24.3 Å². The number of ketones is 2. The molecule has 48 heavy (non-hydrogen) atoms. The number of fused-ring (bicyclic) bond motifs is 6. The molecule has 0 spiro atoms. The van der Waals surface area contributed by atoms with E-state index >= 15 is 0 Å². The lowest BCUT2D eigenvalue weighted by molar-refractivity contribution is -0.132. The highest BCUT2D eigenvalue weighted by atomic mass is 16.5. The second-order valence-electron chi connectivity index (χ2n) is 14.7. The molecule has 0 amide bonds. The molecule has 10 heteroatoms. The van der Waals surface area contributed by atoms with E-state index in [0.29, 0.717) is 51.9 Å². The van der Waals surface area contributed by atoms with E-state index in [0.717, 1.165) is 22.3 Å². The second kappa shape index (κ2) is 14.4. The molecule has 0 unspecified atom stereocenters. The number of ether oxygens (including phenoxy) is 4. The lowest BCUT2D eigenvalue weighted by atomic mass is 9.79. The summed E-state index contributed by atoms with van der Waals surface area (Å²) < 4.78 is 108. The van der Waals surface area contributed by atoms with Crippen LogP contribution in [-0.2, 0) is 22.4 Å². The van der Waals surface area contributed by atoms with Crippen LogP contribution in [0.4, 0.5) is 0 Å². The van der Waals surface area contributed by atoms with Crippen molar-refractivity contribution in [3.8, 4) is 23.0 Å². The van der Waals surface area contributed by atoms with Gasteiger partial charge in [-0.25, -0.2) is 0 Å². The summed E-state index contributed by atoms with van der Waals surface area (Å²) in [4.78, 5) is 29.8. The average molecular weight is 679 g/mol. The van der Waals surface area contributed by atoms with Crippen LogP contribution in [0.5, 0.6) is 23.0 Å². The van der Waals surface area contributed by atoms with Crippen molar-refractivity contribution < 1.29 is 55.2 Å². The van der Waals surface area contributed by atoms with E-state index in [1.165, 1.54) is 24.3 Å². The molecule has 2 aromatic carbocycles. The highest BCUT2D eigenvalue weighted by Gasteiger charge is 2.41. The molecule has 2 N–H and O–H groups in total. The maximum Gasteiger partial charge on any atom is 0.161 e. The van der Waals surface area contributed by atoms with Gasteiger partial charge >= 0.3 is 0 Å². The Balaban J connectivity index is 0.000000228. The van der Waals surface area contributed by atoms with Gasteiger partial charge in [-0.1, -0.05) is 0 Å². The molecule has 6 rings (SSSR count). The SMILES string of the molecule is [2H]C([2H])([2H])Oc1cc2c(cc1OC([2H])([2H])[2H])[C@@H]1CC(=O)[C@@H](CC(C)(C)O)CN1CC2.[2H]C([2H])([2H])Oc1cc2c(cc1OC([2H])([2H])[2H])[C@H]1CC(=O)[C@H](CC(C)(C)O)CN1CC2. The van der Waals surface area contributed by atoms with Crippen molar-refractivity contribution in [2.24, 2.45) is 11.8 Å². The number of carbonyl (C=O) groups excluding carboxylic acids is 2. The third-order valence-corrected chi connectivity index (χ3v) is 9.89. The Morgan fingerprint density at radius 2 is 1.02 bits per heavy atom. The Hall–Kier alpha value is -3.18. The minimum absolute atomic E-state index is 0.0485. The van der Waals surface area contributed by atoms with E-state index in [-0.39, 0.29) is 71.3 Å². The lowest BCUT2D eigenvalue weighted by Crippen LogP contribution is -2.47. The van der Waals surface area contributed by atoms with Gasteiger partial charge in [0.05, 0.1) is 55.8 Å². The Labute approximate surface area is 302 Å². The number of benzene rings is 2. The van der Waals surface area contributed by atoms with Gasteiger partial charge in [0.1, 0.15) is 11.6 Å². The molecule has 0 radical (unpaired) electrons. The summed E-state index contributed by atoms with van der Waals surface area (Å²) >= 11 is 0. The summed E-state index contributed by atoms with van der Waals surface area (Å²) in [6.07, 6.45) is 2.42. The summed E-state index contributed by atoms with van der Waals surface area (Å²) in [7, 11) is -11.1. The molecule has 0 saturated carbocycles. The molecule has 0 aromatic heterocycles. The number of hydrogen-bond acceptors (Lipinski definition) is 10.